The number of hydrogen-bond acceptors (Lipinski definition) is 4. The van der Waals surface area contributed by atoms with Crippen molar-refractivity contribution in [1.82, 2.24) is 29.7 Å². The molecule has 2 amide bonds. The summed E-state index contributed by atoms with van der Waals surface area (Å²) in [4.78, 5) is 25.5. The average Bonchev–Trinajstić information content (AvgIpc) is 3.05. The third kappa shape index (κ3) is 4.14. The first-order valence-electron chi connectivity index (χ1n) is 9.75. The lowest BCUT2D eigenvalue weighted by molar-refractivity contribution is 0.135. The predicted octanol–water partition coefficient (Wildman–Crippen LogP) is 2.04. The minimum absolute atomic E-state index is 0.0137. The molecule has 0 unspecified atom stereocenters. The van der Waals surface area contributed by atoms with Gasteiger partial charge in [0.2, 0.25) is 0 Å². The van der Waals surface area contributed by atoms with E-state index in [4.69, 9.17) is 0 Å². The topological polar surface area (TPSA) is 66.3 Å². The number of nitrogens with one attached hydrogen (secondary N) is 1. The van der Waals surface area contributed by atoms with Crippen LogP contribution in [0.3, 0.4) is 0 Å². The quantitative estimate of drug-likeness (QED) is 0.738. The fraction of sp³-hybridized carbons (Fsp3) is 0.381. The van der Waals surface area contributed by atoms with Crippen molar-refractivity contribution in [1.29, 1.82) is 0 Å². The lowest BCUT2D eigenvalue weighted by Gasteiger charge is -2.34. The van der Waals surface area contributed by atoms with Crippen molar-refractivity contribution in [3.8, 4) is 0 Å². The van der Waals surface area contributed by atoms with Gasteiger partial charge >= 0.3 is 6.03 Å². The number of pyridine rings is 1. The first-order chi connectivity index (χ1) is 13.7. The van der Waals surface area contributed by atoms with E-state index < -0.39 is 0 Å². The summed E-state index contributed by atoms with van der Waals surface area (Å²) in [6, 6.07) is 12.2. The molecule has 0 atom stereocenters. The molecule has 1 fully saturated rings. The number of urea groups is 1. The highest BCUT2D eigenvalue weighted by Crippen LogP contribution is 2.14. The van der Waals surface area contributed by atoms with Crippen molar-refractivity contribution in [2.75, 3.05) is 32.7 Å². The summed E-state index contributed by atoms with van der Waals surface area (Å²) in [5, 5.41) is 3.04. The largest absolute Gasteiger partial charge is 0.338 e. The Morgan fingerprint density at radius 1 is 1.11 bits per heavy atom. The molecule has 0 aliphatic carbocycles. The Morgan fingerprint density at radius 3 is 2.68 bits per heavy atom. The second-order valence-corrected chi connectivity index (χ2v) is 7.18. The maximum absolute atomic E-state index is 12.5. The van der Waals surface area contributed by atoms with E-state index >= 15 is 0 Å². The van der Waals surface area contributed by atoms with Crippen molar-refractivity contribution >= 4 is 17.1 Å². The highest BCUT2D eigenvalue weighted by Gasteiger charge is 2.21. The summed E-state index contributed by atoms with van der Waals surface area (Å²) < 4.78 is 2.10. The molecule has 0 bridgehead atoms. The molecule has 7 heteroatoms. The van der Waals surface area contributed by atoms with Crippen LogP contribution in [0.1, 0.15) is 11.4 Å². The molecule has 4 rings (SSSR count). The molecule has 0 saturated carbocycles. The summed E-state index contributed by atoms with van der Waals surface area (Å²) >= 11 is 0. The number of aryl methyl sites for hydroxylation is 1. The van der Waals surface area contributed by atoms with Crippen molar-refractivity contribution in [3.63, 3.8) is 0 Å². The van der Waals surface area contributed by atoms with Crippen LogP contribution in [-0.4, -0.2) is 63.1 Å². The highest BCUT2D eigenvalue weighted by atomic mass is 16.2. The molecule has 28 heavy (non-hydrogen) atoms. The third-order valence-corrected chi connectivity index (χ3v) is 5.29. The van der Waals surface area contributed by atoms with Crippen molar-refractivity contribution < 1.29 is 4.79 Å². The van der Waals surface area contributed by atoms with Gasteiger partial charge in [0, 0.05) is 65.1 Å². The number of fused-ring (bicyclic) bond motifs is 1. The number of para-hydroxylation sites is 2. The van der Waals surface area contributed by atoms with Crippen molar-refractivity contribution in [2.45, 2.75) is 13.0 Å². The number of amides is 2. The second kappa shape index (κ2) is 8.39. The Kier molecular flexibility index (Phi) is 5.53. The minimum atomic E-state index is 0.0137. The van der Waals surface area contributed by atoms with Gasteiger partial charge in [-0.25, -0.2) is 9.78 Å². The lowest BCUT2D eigenvalue weighted by Crippen LogP contribution is -2.51. The number of aromatic nitrogens is 3. The number of imidazole rings is 1. The van der Waals surface area contributed by atoms with E-state index in [9.17, 15) is 4.79 Å². The van der Waals surface area contributed by atoms with Crippen LogP contribution >= 0.6 is 0 Å². The summed E-state index contributed by atoms with van der Waals surface area (Å²) in [5.41, 5.74) is 3.33. The molecule has 1 N–H and O–H groups in total. The zero-order valence-electron chi connectivity index (χ0n) is 16.2. The molecular formula is C21H26N6O. The smallest absolute Gasteiger partial charge is 0.317 e. The lowest BCUT2D eigenvalue weighted by atomic mass is 10.2. The van der Waals surface area contributed by atoms with Crippen LogP contribution in [-0.2, 0) is 20.0 Å². The van der Waals surface area contributed by atoms with E-state index in [1.165, 1.54) is 5.56 Å². The number of piperazine rings is 1. The van der Waals surface area contributed by atoms with Gasteiger partial charge in [0.15, 0.2) is 0 Å². The minimum Gasteiger partial charge on any atom is -0.338 e. The molecule has 3 heterocycles. The van der Waals surface area contributed by atoms with Gasteiger partial charge in [0.25, 0.3) is 0 Å². The molecular weight excluding hydrogens is 352 g/mol. The average molecular weight is 378 g/mol. The van der Waals surface area contributed by atoms with Crippen LogP contribution in [0.25, 0.3) is 11.0 Å². The van der Waals surface area contributed by atoms with Crippen LogP contribution in [0.5, 0.6) is 0 Å². The molecule has 0 spiro atoms. The number of rotatable bonds is 5. The first-order valence-corrected chi connectivity index (χ1v) is 9.75. The summed E-state index contributed by atoms with van der Waals surface area (Å²) in [6.07, 6.45) is 4.41. The number of nitrogens with zero attached hydrogens (tertiary/aromatic N) is 5. The van der Waals surface area contributed by atoms with E-state index in [0.717, 1.165) is 56.0 Å². The molecule has 7 nitrogen and oxygen atoms in total. The van der Waals surface area contributed by atoms with Crippen molar-refractivity contribution in [3.05, 3.63) is 60.2 Å². The van der Waals surface area contributed by atoms with Gasteiger partial charge in [-0.3, -0.25) is 9.88 Å². The number of carbonyl (C=O) groups excluding carboxylic acids is 1. The van der Waals surface area contributed by atoms with E-state index in [2.05, 4.69) is 36.9 Å². The molecule has 1 aliphatic heterocycles. The zero-order valence-corrected chi connectivity index (χ0v) is 16.2. The van der Waals surface area contributed by atoms with Gasteiger partial charge in [-0.2, -0.15) is 0 Å². The standard InChI is InChI=1S/C21H26N6O/c1-25-19-7-3-2-6-18(19)24-20(25)8-10-23-21(28)27-13-11-26(12-14-27)16-17-5-4-9-22-15-17/h2-7,9,15H,8,10-14,16H2,1H3,(H,23,28). The van der Waals surface area contributed by atoms with Gasteiger partial charge < -0.3 is 14.8 Å². The number of hydrogen-bond donors (Lipinski definition) is 1. The molecule has 1 aliphatic rings. The Morgan fingerprint density at radius 2 is 1.93 bits per heavy atom. The molecule has 1 aromatic carbocycles. The Bertz CT molecular complexity index is 930. The molecule has 146 valence electrons. The predicted molar refractivity (Wildman–Crippen MR) is 109 cm³/mol. The van der Waals surface area contributed by atoms with Crippen molar-refractivity contribution in [2.24, 2.45) is 7.05 Å². The molecule has 2 aromatic heterocycles. The Hall–Kier alpha value is -2.93. The fourth-order valence-electron chi connectivity index (χ4n) is 3.67. The number of benzene rings is 1. The van der Waals surface area contributed by atoms with Crippen LogP contribution in [0.2, 0.25) is 0 Å². The molecule has 1 saturated heterocycles. The van der Waals surface area contributed by atoms with E-state index in [-0.39, 0.29) is 6.03 Å². The van der Waals surface area contributed by atoms with Gasteiger partial charge in [-0.05, 0) is 23.8 Å². The second-order valence-electron chi connectivity index (χ2n) is 7.18. The normalized spacial score (nSPS) is 15.1. The van der Waals surface area contributed by atoms with Crippen LogP contribution < -0.4 is 5.32 Å². The van der Waals surface area contributed by atoms with Crippen LogP contribution in [0.4, 0.5) is 4.79 Å². The van der Waals surface area contributed by atoms with Gasteiger partial charge in [-0.15, -0.1) is 0 Å². The fourth-order valence-corrected chi connectivity index (χ4v) is 3.67. The number of carbonyl (C=O) groups is 1. The summed E-state index contributed by atoms with van der Waals surface area (Å²) in [5.74, 6) is 0.989. The summed E-state index contributed by atoms with van der Waals surface area (Å²) in [6.45, 7) is 4.73. The van der Waals surface area contributed by atoms with Gasteiger partial charge in [-0.1, -0.05) is 18.2 Å². The highest BCUT2D eigenvalue weighted by molar-refractivity contribution is 5.76. The molecule has 3 aromatic rings. The van der Waals surface area contributed by atoms with E-state index in [1.54, 1.807) is 6.20 Å². The van der Waals surface area contributed by atoms with Gasteiger partial charge in [0.1, 0.15) is 5.82 Å². The zero-order chi connectivity index (χ0) is 19.3. The Labute approximate surface area is 165 Å². The third-order valence-electron chi connectivity index (χ3n) is 5.29. The monoisotopic (exact) mass is 378 g/mol. The van der Waals surface area contributed by atoms with Crippen LogP contribution in [0, 0.1) is 0 Å². The maximum Gasteiger partial charge on any atom is 0.317 e. The summed E-state index contributed by atoms with van der Waals surface area (Å²) in [7, 11) is 2.02. The van der Waals surface area contributed by atoms with Gasteiger partial charge in [0.05, 0.1) is 11.0 Å². The SMILES string of the molecule is Cn1c(CCNC(=O)N2CCN(Cc3cccnc3)CC2)nc2ccccc21. The van der Waals surface area contributed by atoms with E-state index in [0.29, 0.717) is 6.54 Å². The van der Waals surface area contributed by atoms with E-state index in [1.807, 2.05) is 42.4 Å². The van der Waals surface area contributed by atoms with Crippen LogP contribution in [0.15, 0.2) is 48.8 Å². The first kappa shape index (κ1) is 18.4. The maximum atomic E-state index is 12.5. The Balaban J connectivity index is 1.23. The molecule has 0 radical (unpaired) electrons.